The van der Waals surface area contributed by atoms with Crippen LogP contribution in [0.3, 0.4) is 0 Å². The van der Waals surface area contributed by atoms with Gasteiger partial charge in [0, 0.05) is 29.6 Å². The van der Waals surface area contributed by atoms with Crippen LogP contribution in [-0.4, -0.2) is 55.4 Å². The van der Waals surface area contributed by atoms with Gasteiger partial charge in [-0.25, -0.2) is 4.79 Å². The number of methoxy groups -OCH3 is 1. The van der Waals surface area contributed by atoms with Gasteiger partial charge in [-0.3, -0.25) is 4.79 Å². The molecule has 152 valence electrons. The molecule has 0 aromatic heterocycles. The fourth-order valence-corrected chi connectivity index (χ4v) is 3.37. The SMILES string of the molecule is COC(=O)[C@@H](CCSC)NC(=O)c1cccc2cc(NC[C@@H](N)CS)ccc12. The van der Waals surface area contributed by atoms with Crippen LogP contribution in [0.4, 0.5) is 5.69 Å². The molecule has 0 heterocycles. The van der Waals surface area contributed by atoms with Crippen LogP contribution >= 0.6 is 24.4 Å². The molecule has 2 aromatic rings. The number of esters is 1. The third-order valence-corrected chi connectivity index (χ3v) is 5.44. The summed E-state index contributed by atoms with van der Waals surface area (Å²) in [4.78, 5) is 24.8. The van der Waals surface area contributed by atoms with Crippen LogP contribution in [0.25, 0.3) is 10.8 Å². The summed E-state index contributed by atoms with van der Waals surface area (Å²) in [7, 11) is 1.33. The monoisotopic (exact) mass is 421 g/mol. The van der Waals surface area contributed by atoms with Crippen LogP contribution in [-0.2, 0) is 9.53 Å². The fourth-order valence-electron chi connectivity index (χ4n) is 2.77. The molecule has 1 amide bonds. The molecule has 0 bridgehead atoms. The Morgan fingerprint density at radius 3 is 2.75 bits per heavy atom. The summed E-state index contributed by atoms with van der Waals surface area (Å²) >= 11 is 5.80. The molecule has 0 spiro atoms. The summed E-state index contributed by atoms with van der Waals surface area (Å²) in [6, 6.07) is 10.6. The summed E-state index contributed by atoms with van der Waals surface area (Å²) in [6.07, 6.45) is 2.47. The Hall–Kier alpha value is -1.90. The zero-order valence-corrected chi connectivity index (χ0v) is 17.8. The number of carbonyl (C=O) groups excluding carboxylic acids is 2. The molecular formula is C20H27N3O3S2. The summed E-state index contributed by atoms with van der Waals surface area (Å²) in [6.45, 7) is 0.617. The van der Waals surface area contributed by atoms with Gasteiger partial charge in [0.05, 0.1) is 7.11 Å². The lowest BCUT2D eigenvalue weighted by molar-refractivity contribution is -0.142. The highest BCUT2D eigenvalue weighted by atomic mass is 32.2. The van der Waals surface area contributed by atoms with Crippen LogP contribution < -0.4 is 16.4 Å². The maximum atomic E-state index is 12.8. The van der Waals surface area contributed by atoms with Crippen LogP contribution in [0, 0.1) is 0 Å². The van der Waals surface area contributed by atoms with Crippen LogP contribution in [0.1, 0.15) is 16.8 Å². The first-order valence-corrected chi connectivity index (χ1v) is 11.0. The van der Waals surface area contributed by atoms with E-state index in [-0.39, 0.29) is 11.9 Å². The van der Waals surface area contributed by atoms with Crippen molar-refractivity contribution >= 4 is 52.7 Å². The molecule has 0 saturated heterocycles. The lowest BCUT2D eigenvalue weighted by Crippen LogP contribution is -2.42. The number of nitrogens with two attached hydrogens (primary N) is 1. The van der Waals surface area contributed by atoms with Gasteiger partial charge >= 0.3 is 5.97 Å². The van der Waals surface area contributed by atoms with Crippen molar-refractivity contribution in [3.05, 3.63) is 42.0 Å². The van der Waals surface area contributed by atoms with Gasteiger partial charge in [0.25, 0.3) is 5.91 Å². The second-order valence-corrected chi connectivity index (χ2v) is 7.75. The standard InChI is InChI=1S/C20H27N3O3S2/c1-26-20(25)18(8-9-28-2)23-19(24)17-5-3-4-13-10-15(6-7-16(13)17)22-11-14(21)12-27/h3-7,10,14,18,22,27H,8-9,11-12,21H2,1-2H3,(H,23,24)/t14-,18-/m1/s1. The van der Waals surface area contributed by atoms with E-state index in [4.69, 9.17) is 10.5 Å². The Morgan fingerprint density at radius 1 is 1.29 bits per heavy atom. The lowest BCUT2D eigenvalue weighted by Gasteiger charge is -2.17. The molecule has 2 aromatic carbocycles. The van der Waals surface area contributed by atoms with E-state index in [1.165, 1.54) is 7.11 Å². The van der Waals surface area contributed by atoms with E-state index in [9.17, 15) is 9.59 Å². The number of fused-ring (bicyclic) bond motifs is 1. The van der Waals surface area contributed by atoms with Gasteiger partial charge < -0.3 is 21.1 Å². The number of thioether (sulfide) groups is 1. The molecule has 0 unspecified atom stereocenters. The minimum atomic E-state index is -0.663. The molecule has 8 heteroatoms. The second kappa shape index (κ2) is 11.2. The van der Waals surface area contributed by atoms with Gasteiger partial charge in [-0.05, 0) is 47.4 Å². The molecule has 0 aliphatic rings. The Morgan fingerprint density at radius 2 is 2.07 bits per heavy atom. The third kappa shape index (κ3) is 6.05. The number of rotatable bonds is 10. The number of anilines is 1. The number of hydrogen-bond donors (Lipinski definition) is 4. The van der Waals surface area contributed by atoms with E-state index in [2.05, 4.69) is 23.3 Å². The molecule has 28 heavy (non-hydrogen) atoms. The van der Waals surface area contributed by atoms with Crippen LogP contribution in [0.2, 0.25) is 0 Å². The largest absolute Gasteiger partial charge is 0.467 e. The quantitative estimate of drug-likeness (QED) is 0.348. The van der Waals surface area contributed by atoms with Crippen LogP contribution in [0.15, 0.2) is 36.4 Å². The van der Waals surface area contributed by atoms with E-state index in [0.717, 1.165) is 22.2 Å². The van der Waals surface area contributed by atoms with E-state index >= 15 is 0 Å². The summed E-state index contributed by atoms with van der Waals surface area (Å²) in [5, 5.41) is 7.83. The van der Waals surface area contributed by atoms with Gasteiger partial charge in [-0.1, -0.05) is 18.2 Å². The number of nitrogens with one attached hydrogen (secondary N) is 2. The highest BCUT2D eigenvalue weighted by Gasteiger charge is 2.22. The summed E-state index contributed by atoms with van der Waals surface area (Å²) < 4.78 is 4.82. The number of ether oxygens (including phenoxy) is 1. The normalized spacial score (nSPS) is 13.0. The Balaban J connectivity index is 2.21. The molecule has 4 N–H and O–H groups in total. The minimum Gasteiger partial charge on any atom is -0.467 e. The minimum absolute atomic E-state index is 0.0346. The highest BCUT2D eigenvalue weighted by Crippen LogP contribution is 2.23. The topological polar surface area (TPSA) is 93.4 Å². The zero-order chi connectivity index (χ0) is 20.5. The molecule has 2 atom stereocenters. The summed E-state index contributed by atoms with van der Waals surface area (Å²) in [5.74, 6) is 0.622. The van der Waals surface area contributed by atoms with Gasteiger partial charge in [-0.2, -0.15) is 24.4 Å². The molecular weight excluding hydrogens is 394 g/mol. The lowest BCUT2D eigenvalue weighted by atomic mass is 10.0. The maximum absolute atomic E-state index is 12.8. The average Bonchev–Trinajstić information content (AvgIpc) is 2.73. The number of amides is 1. The Labute approximate surface area is 175 Å². The van der Waals surface area contributed by atoms with Gasteiger partial charge in [0.2, 0.25) is 0 Å². The van der Waals surface area contributed by atoms with Gasteiger partial charge in [-0.15, -0.1) is 0 Å². The smallest absolute Gasteiger partial charge is 0.328 e. The van der Waals surface area contributed by atoms with Crippen molar-refractivity contribution in [2.45, 2.75) is 18.5 Å². The van der Waals surface area contributed by atoms with Crippen molar-refractivity contribution in [2.24, 2.45) is 5.73 Å². The van der Waals surface area contributed by atoms with Crippen LogP contribution in [0.5, 0.6) is 0 Å². The first kappa shape index (κ1) is 22.4. The average molecular weight is 422 g/mol. The zero-order valence-electron chi connectivity index (χ0n) is 16.1. The van der Waals surface area contributed by atoms with Crippen molar-refractivity contribution in [1.29, 1.82) is 0 Å². The summed E-state index contributed by atoms with van der Waals surface area (Å²) in [5.41, 5.74) is 7.33. The molecule has 0 aliphatic heterocycles. The Kier molecular flexibility index (Phi) is 8.95. The molecule has 0 saturated carbocycles. The van der Waals surface area contributed by atoms with Gasteiger partial charge in [0.1, 0.15) is 6.04 Å². The van der Waals surface area contributed by atoms with Gasteiger partial charge in [0.15, 0.2) is 0 Å². The molecule has 0 radical (unpaired) electrons. The first-order valence-electron chi connectivity index (χ1n) is 9.00. The highest BCUT2D eigenvalue weighted by molar-refractivity contribution is 7.98. The van der Waals surface area contributed by atoms with Crippen molar-refractivity contribution in [3.63, 3.8) is 0 Å². The number of thiol groups is 1. The molecule has 2 rings (SSSR count). The fraction of sp³-hybridized carbons (Fsp3) is 0.400. The molecule has 0 aliphatic carbocycles. The van der Waals surface area contributed by atoms with Crippen molar-refractivity contribution in [2.75, 3.05) is 36.7 Å². The van der Waals surface area contributed by atoms with E-state index < -0.39 is 12.0 Å². The number of carbonyl (C=O) groups is 2. The molecule has 6 nitrogen and oxygen atoms in total. The number of hydrogen-bond acceptors (Lipinski definition) is 7. The van der Waals surface area contributed by atoms with Crippen molar-refractivity contribution in [3.8, 4) is 0 Å². The van der Waals surface area contributed by atoms with Crippen molar-refractivity contribution in [1.82, 2.24) is 5.32 Å². The predicted octanol–water partition coefficient (Wildman–Crippen LogP) is 2.53. The van der Waals surface area contributed by atoms with E-state index in [0.29, 0.717) is 24.3 Å². The number of benzene rings is 2. The van der Waals surface area contributed by atoms with E-state index in [1.807, 2.05) is 36.6 Å². The van der Waals surface area contributed by atoms with E-state index in [1.54, 1.807) is 17.8 Å². The predicted molar refractivity (Wildman–Crippen MR) is 121 cm³/mol. The Bertz CT molecular complexity index is 816. The second-order valence-electron chi connectivity index (χ2n) is 6.40. The molecule has 0 fully saturated rings. The first-order chi connectivity index (χ1) is 13.5. The van der Waals surface area contributed by atoms with Crippen molar-refractivity contribution < 1.29 is 14.3 Å². The third-order valence-electron chi connectivity index (χ3n) is 4.33. The maximum Gasteiger partial charge on any atom is 0.328 e.